The van der Waals surface area contributed by atoms with Gasteiger partial charge in [-0.05, 0) is 24.6 Å². The molecule has 94 valence electrons. The molecule has 0 unspecified atom stereocenters. The monoisotopic (exact) mass is 250 g/mol. The van der Waals surface area contributed by atoms with Gasteiger partial charge >= 0.3 is 11.9 Å². The van der Waals surface area contributed by atoms with Gasteiger partial charge < -0.3 is 9.84 Å². The molecule has 0 aliphatic carbocycles. The molecule has 4 nitrogen and oxygen atoms in total. The van der Waals surface area contributed by atoms with Crippen molar-refractivity contribution < 1.29 is 23.8 Å². The van der Waals surface area contributed by atoms with Crippen molar-refractivity contribution >= 4 is 11.9 Å². The van der Waals surface area contributed by atoms with Gasteiger partial charge in [-0.15, -0.1) is 0 Å². The lowest BCUT2D eigenvalue weighted by Gasteiger charge is -2.01. The lowest BCUT2D eigenvalue weighted by molar-refractivity contribution is -0.137. The van der Waals surface area contributed by atoms with Gasteiger partial charge in [0.15, 0.2) is 0 Å². The number of carbonyl (C=O) groups excluding carboxylic acids is 1. The molecule has 0 saturated heterocycles. The first kappa shape index (κ1) is 13.7. The summed E-state index contributed by atoms with van der Waals surface area (Å²) in [4.78, 5) is 21.6. The van der Waals surface area contributed by atoms with E-state index in [1.165, 1.54) is 6.07 Å². The summed E-state index contributed by atoms with van der Waals surface area (Å²) in [7, 11) is 0. The maximum atomic E-state index is 13.0. The average Bonchev–Trinajstić information content (AvgIpc) is 2.29. The van der Waals surface area contributed by atoms with Gasteiger partial charge in [0, 0.05) is 11.5 Å². The van der Waals surface area contributed by atoms with Gasteiger partial charge in [-0.2, -0.15) is 0 Å². The molecule has 0 saturated carbocycles. The highest BCUT2D eigenvalue weighted by atomic mass is 19.1. The molecule has 1 aromatic carbocycles. The van der Waals surface area contributed by atoms with Crippen LogP contribution >= 0.6 is 0 Å². The molecule has 1 N–H and O–H groups in total. The molecule has 0 spiro atoms. The van der Waals surface area contributed by atoms with E-state index >= 15 is 0 Å². The van der Waals surface area contributed by atoms with Gasteiger partial charge in [-0.25, -0.2) is 9.18 Å². The van der Waals surface area contributed by atoms with Crippen LogP contribution in [0, 0.1) is 17.7 Å². The maximum Gasteiger partial charge on any atom is 0.384 e. The van der Waals surface area contributed by atoms with Crippen LogP contribution in [0.3, 0.4) is 0 Å². The lowest BCUT2D eigenvalue weighted by Crippen LogP contribution is -2.03. The van der Waals surface area contributed by atoms with Crippen LogP contribution < -0.4 is 0 Å². The Hall–Kier alpha value is -2.35. The number of ether oxygens (including phenoxy) is 1. The van der Waals surface area contributed by atoms with Crippen LogP contribution in [0.4, 0.5) is 4.39 Å². The minimum atomic E-state index is -1.05. The Kier molecular flexibility index (Phi) is 4.88. The molecule has 5 heteroatoms. The third-order valence-corrected chi connectivity index (χ3v) is 1.99. The second-order valence-electron chi connectivity index (χ2n) is 3.34. The third-order valence-electron chi connectivity index (χ3n) is 1.99. The summed E-state index contributed by atoms with van der Waals surface area (Å²) in [5.41, 5.74) is 0.520. The first-order valence-corrected chi connectivity index (χ1v) is 5.22. The van der Waals surface area contributed by atoms with Crippen LogP contribution in [-0.4, -0.2) is 23.7 Å². The average molecular weight is 250 g/mol. The highest BCUT2D eigenvalue weighted by Crippen LogP contribution is 2.11. The summed E-state index contributed by atoms with van der Waals surface area (Å²) in [5.74, 6) is 2.25. The Labute approximate surface area is 103 Å². The van der Waals surface area contributed by atoms with E-state index in [1.807, 2.05) is 0 Å². The Morgan fingerprint density at radius 3 is 2.78 bits per heavy atom. The van der Waals surface area contributed by atoms with E-state index in [0.29, 0.717) is 5.56 Å². The topological polar surface area (TPSA) is 63.6 Å². The molecule has 0 radical (unpaired) electrons. The predicted molar refractivity (Wildman–Crippen MR) is 61.3 cm³/mol. The second kappa shape index (κ2) is 6.40. The predicted octanol–water partition coefficient (Wildman–Crippen LogP) is 1.37. The number of carboxylic acid groups (broad SMARTS) is 1. The van der Waals surface area contributed by atoms with E-state index in [1.54, 1.807) is 6.92 Å². The van der Waals surface area contributed by atoms with Crippen molar-refractivity contribution in [3.63, 3.8) is 0 Å². The highest BCUT2D eigenvalue weighted by molar-refractivity contribution is 5.89. The summed E-state index contributed by atoms with van der Waals surface area (Å²) in [5, 5.41) is 8.69. The molecule has 0 aliphatic rings. The number of benzene rings is 1. The molecular formula is C13H11FO4. The number of hydrogen-bond donors (Lipinski definition) is 1. The molecule has 1 rings (SSSR count). The normalized spacial score (nSPS) is 9.22. The minimum Gasteiger partial charge on any atom is -0.481 e. The highest BCUT2D eigenvalue weighted by Gasteiger charge is 2.06. The Balaban J connectivity index is 3.01. The molecule has 0 aromatic heterocycles. The zero-order chi connectivity index (χ0) is 13.5. The third kappa shape index (κ3) is 4.26. The second-order valence-corrected chi connectivity index (χ2v) is 3.34. The fourth-order valence-electron chi connectivity index (χ4n) is 1.27. The van der Waals surface area contributed by atoms with Crippen molar-refractivity contribution in [2.75, 3.05) is 6.61 Å². The summed E-state index contributed by atoms with van der Waals surface area (Å²) < 4.78 is 17.6. The number of halogens is 1. The van der Waals surface area contributed by atoms with Gasteiger partial charge in [-0.3, -0.25) is 4.79 Å². The minimum absolute atomic E-state index is 0.172. The van der Waals surface area contributed by atoms with Gasteiger partial charge in [0.25, 0.3) is 0 Å². The number of carbonyl (C=O) groups is 2. The number of carboxylic acids is 1. The Morgan fingerprint density at radius 2 is 2.17 bits per heavy atom. The first-order valence-electron chi connectivity index (χ1n) is 5.22. The zero-order valence-corrected chi connectivity index (χ0v) is 9.70. The van der Waals surface area contributed by atoms with Crippen LogP contribution in [0.5, 0.6) is 0 Å². The standard InChI is InChI=1S/C13H11FO4/c1-2-18-13(17)6-4-9-7-11(14)5-3-10(9)8-12(15)16/h3,5,7H,2,8H2,1H3,(H,15,16). The molecule has 1 aromatic rings. The number of esters is 1. The quantitative estimate of drug-likeness (QED) is 0.650. The summed E-state index contributed by atoms with van der Waals surface area (Å²) in [6, 6.07) is 3.57. The Bertz CT molecular complexity index is 526. The first-order chi connectivity index (χ1) is 8.52. The van der Waals surface area contributed by atoms with E-state index < -0.39 is 17.8 Å². The maximum absolute atomic E-state index is 13.0. The fraction of sp³-hybridized carbons (Fsp3) is 0.231. The van der Waals surface area contributed by atoms with Gasteiger partial charge in [0.2, 0.25) is 0 Å². The molecule has 0 atom stereocenters. The van der Waals surface area contributed by atoms with E-state index in [-0.39, 0.29) is 18.6 Å². The number of aliphatic carboxylic acids is 1. The molecule has 0 bridgehead atoms. The summed E-state index contributed by atoms with van der Waals surface area (Å²) in [6.45, 7) is 1.83. The number of hydrogen-bond acceptors (Lipinski definition) is 3. The van der Waals surface area contributed by atoms with Crippen molar-refractivity contribution in [3.05, 3.63) is 35.1 Å². The van der Waals surface area contributed by atoms with E-state index in [0.717, 1.165) is 12.1 Å². The molecular weight excluding hydrogens is 239 g/mol. The van der Waals surface area contributed by atoms with Crippen LogP contribution in [0.2, 0.25) is 0 Å². The van der Waals surface area contributed by atoms with Crippen LogP contribution in [0.1, 0.15) is 18.1 Å². The number of rotatable bonds is 3. The molecule has 0 aliphatic heterocycles. The van der Waals surface area contributed by atoms with Crippen molar-refractivity contribution in [1.29, 1.82) is 0 Å². The lowest BCUT2D eigenvalue weighted by atomic mass is 10.0. The van der Waals surface area contributed by atoms with Gasteiger partial charge in [0.05, 0.1) is 13.0 Å². The fourth-order valence-corrected chi connectivity index (χ4v) is 1.27. The van der Waals surface area contributed by atoms with Crippen molar-refractivity contribution in [1.82, 2.24) is 0 Å². The van der Waals surface area contributed by atoms with Gasteiger partial charge in [0.1, 0.15) is 5.82 Å². The largest absolute Gasteiger partial charge is 0.481 e. The van der Waals surface area contributed by atoms with Gasteiger partial charge in [-0.1, -0.05) is 12.0 Å². The SMILES string of the molecule is CCOC(=O)C#Cc1cc(F)ccc1CC(=O)O. The molecule has 0 fully saturated rings. The molecule has 0 heterocycles. The smallest absolute Gasteiger partial charge is 0.384 e. The molecule has 0 amide bonds. The van der Waals surface area contributed by atoms with E-state index in [9.17, 15) is 14.0 Å². The zero-order valence-electron chi connectivity index (χ0n) is 9.70. The summed E-state index contributed by atoms with van der Waals surface area (Å²) >= 11 is 0. The molecule has 18 heavy (non-hydrogen) atoms. The van der Waals surface area contributed by atoms with E-state index in [2.05, 4.69) is 16.6 Å². The van der Waals surface area contributed by atoms with Crippen molar-refractivity contribution in [3.8, 4) is 11.8 Å². The van der Waals surface area contributed by atoms with Crippen LogP contribution in [0.25, 0.3) is 0 Å². The van der Waals surface area contributed by atoms with Crippen molar-refractivity contribution in [2.45, 2.75) is 13.3 Å². The van der Waals surface area contributed by atoms with Crippen molar-refractivity contribution in [2.24, 2.45) is 0 Å². The van der Waals surface area contributed by atoms with E-state index in [4.69, 9.17) is 5.11 Å². The van der Waals surface area contributed by atoms with Crippen LogP contribution in [-0.2, 0) is 20.7 Å². The van der Waals surface area contributed by atoms with Crippen LogP contribution in [0.15, 0.2) is 18.2 Å². The Morgan fingerprint density at radius 1 is 1.44 bits per heavy atom. The summed E-state index contributed by atoms with van der Waals surface area (Å²) in [6.07, 6.45) is -0.285.